The lowest BCUT2D eigenvalue weighted by Crippen LogP contribution is -2.54. The summed E-state index contributed by atoms with van der Waals surface area (Å²) >= 11 is 0. The number of carboxylic acids is 1. The van der Waals surface area contributed by atoms with Gasteiger partial charge in [0.25, 0.3) is 11.8 Å². The lowest BCUT2D eigenvalue weighted by Gasteiger charge is -2.27. The van der Waals surface area contributed by atoms with Gasteiger partial charge in [-0.05, 0) is 31.4 Å². The maximum atomic E-state index is 14.7. The molecule has 28 heavy (non-hydrogen) atoms. The van der Waals surface area contributed by atoms with Crippen molar-refractivity contribution in [1.82, 2.24) is 10.2 Å². The van der Waals surface area contributed by atoms with Gasteiger partial charge in [0, 0.05) is 13.0 Å². The smallest absolute Gasteiger partial charge is 0.326 e. The van der Waals surface area contributed by atoms with Gasteiger partial charge < -0.3 is 10.0 Å². The van der Waals surface area contributed by atoms with Gasteiger partial charge >= 0.3 is 5.97 Å². The van der Waals surface area contributed by atoms with Gasteiger partial charge in [-0.1, -0.05) is 0 Å². The van der Waals surface area contributed by atoms with Crippen LogP contribution in [0.15, 0.2) is 12.1 Å². The highest BCUT2D eigenvalue weighted by molar-refractivity contribution is 6.23. The predicted molar refractivity (Wildman–Crippen MR) is 91.1 cm³/mol. The molecule has 10 heteroatoms. The number of amides is 4. The minimum atomic E-state index is -1.14. The van der Waals surface area contributed by atoms with Gasteiger partial charge in [0.2, 0.25) is 11.8 Å². The van der Waals surface area contributed by atoms with Crippen molar-refractivity contribution in [1.29, 1.82) is 0 Å². The fourth-order valence-corrected chi connectivity index (χ4v) is 4.01. The minimum Gasteiger partial charge on any atom is -0.480 e. The van der Waals surface area contributed by atoms with E-state index in [1.54, 1.807) is 0 Å². The summed E-state index contributed by atoms with van der Waals surface area (Å²) in [6.45, 7) is 0.311. The van der Waals surface area contributed by atoms with Crippen molar-refractivity contribution in [2.24, 2.45) is 0 Å². The first kappa shape index (κ1) is 18.1. The number of imide groups is 2. The molecule has 1 aromatic rings. The van der Waals surface area contributed by atoms with Gasteiger partial charge in [0.1, 0.15) is 17.9 Å². The molecule has 2 unspecified atom stereocenters. The third-order valence-electron chi connectivity index (χ3n) is 5.35. The number of aliphatic carboxylic acids is 1. The molecule has 0 bridgehead atoms. The van der Waals surface area contributed by atoms with Crippen LogP contribution in [-0.4, -0.2) is 58.2 Å². The summed E-state index contributed by atoms with van der Waals surface area (Å²) in [5.74, 6) is -4.71. The molecule has 0 radical (unpaired) electrons. The molecule has 3 heterocycles. The summed E-state index contributed by atoms with van der Waals surface area (Å²) in [7, 11) is 0. The van der Waals surface area contributed by atoms with Gasteiger partial charge in [-0.2, -0.15) is 0 Å². The lowest BCUT2D eigenvalue weighted by molar-refractivity contribution is -0.138. The Morgan fingerprint density at radius 2 is 1.79 bits per heavy atom. The predicted octanol–water partition coefficient (Wildman–Crippen LogP) is 0.280. The van der Waals surface area contributed by atoms with E-state index in [-0.39, 0.29) is 29.7 Å². The van der Waals surface area contributed by atoms with Crippen LogP contribution in [0.3, 0.4) is 0 Å². The van der Waals surface area contributed by atoms with E-state index in [0.717, 1.165) is 11.0 Å². The van der Waals surface area contributed by atoms with Gasteiger partial charge in [-0.25, -0.2) is 9.18 Å². The van der Waals surface area contributed by atoms with E-state index in [0.29, 0.717) is 19.4 Å². The summed E-state index contributed by atoms with van der Waals surface area (Å²) in [4.78, 5) is 62.4. The Hall–Kier alpha value is -3.30. The first-order chi connectivity index (χ1) is 13.3. The number of carbonyl (C=O) groups excluding carboxylic acids is 4. The van der Waals surface area contributed by atoms with E-state index in [1.165, 1.54) is 11.0 Å². The van der Waals surface area contributed by atoms with Crippen LogP contribution in [-0.2, 0) is 14.4 Å². The molecule has 9 nitrogen and oxygen atoms in total. The average molecular weight is 389 g/mol. The molecule has 1 aromatic carbocycles. The molecule has 4 rings (SSSR count). The standard InChI is InChI=1S/C18H16FN3O6/c19-10-6-8-9(7-13(10)21-5-1-2-12(21)18(27)28)17(26)22(16(8)25)11-3-4-14(23)20-15(11)24/h6-7,11-12H,1-5H2,(H,27,28)(H,20,23,24). The SMILES string of the molecule is O=C1CCC(N2C(=O)c3cc(F)c(N4CCCC4C(=O)O)cc3C2=O)C(=O)N1. The van der Waals surface area contributed by atoms with Crippen LogP contribution in [0.25, 0.3) is 0 Å². The molecule has 2 N–H and O–H groups in total. The van der Waals surface area contributed by atoms with Crippen molar-refractivity contribution < 1.29 is 33.5 Å². The Labute approximate surface area is 158 Å². The molecule has 3 aliphatic rings. The molecule has 3 aliphatic heterocycles. The zero-order chi connectivity index (χ0) is 20.2. The Kier molecular flexibility index (Phi) is 4.13. The molecule has 2 saturated heterocycles. The van der Waals surface area contributed by atoms with Gasteiger partial charge in [0.15, 0.2) is 0 Å². The van der Waals surface area contributed by atoms with Crippen molar-refractivity contribution in [3.63, 3.8) is 0 Å². The van der Waals surface area contributed by atoms with Crippen molar-refractivity contribution in [3.8, 4) is 0 Å². The van der Waals surface area contributed by atoms with Crippen LogP contribution in [0.4, 0.5) is 10.1 Å². The maximum Gasteiger partial charge on any atom is 0.326 e. The second-order valence-corrected chi connectivity index (χ2v) is 6.99. The first-order valence-electron chi connectivity index (χ1n) is 8.84. The highest BCUT2D eigenvalue weighted by Crippen LogP contribution is 2.35. The molecule has 0 aromatic heterocycles. The number of anilines is 1. The van der Waals surface area contributed by atoms with Crippen molar-refractivity contribution in [3.05, 3.63) is 29.1 Å². The van der Waals surface area contributed by atoms with E-state index >= 15 is 0 Å². The van der Waals surface area contributed by atoms with Crippen LogP contribution < -0.4 is 10.2 Å². The average Bonchev–Trinajstić information content (AvgIpc) is 3.20. The summed E-state index contributed by atoms with van der Waals surface area (Å²) in [6.07, 6.45) is 0.889. The zero-order valence-corrected chi connectivity index (χ0v) is 14.6. The highest BCUT2D eigenvalue weighted by atomic mass is 19.1. The van der Waals surface area contributed by atoms with E-state index in [2.05, 4.69) is 5.32 Å². The minimum absolute atomic E-state index is 0.00130. The van der Waals surface area contributed by atoms with Crippen molar-refractivity contribution >= 4 is 35.3 Å². The summed E-state index contributed by atoms with van der Waals surface area (Å²) in [6, 6.07) is 0.0349. The summed E-state index contributed by atoms with van der Waals surface area (Å²) in [5, 5.41) is 11.4. The molecule has 0 spiro atoms. The number of benzene rings is 1. The Balaban J connectivity index is 1.70. The monoisotopic (exact) mass is 389 g/mol. The summed E-state index contributed by atoms with van der Waals surface area (Å²) in [5.41, 5.74) is -0.320. The molecule has 2 atom stereocenters. The second kappa shape index (κ2) is 6.39. The molecular weight excluding hydrogens is 373 g/mol. The normalized spacial score (nSPS) is 24.6. The summed E-state index contributed by atoms with van der Waals surface area (Å²) < 4.78 is 14.7. The molecule has 0 aliphatic carbocycles. The number of hydrogen-bond donors (Lipinski definition) is 2. The van der Waals surface area contributed by atoms with E-state index in [9.17, 15) is 33.5 Å². The van der Waals surface area contributed by atoms with Crippen LogP contribution >= 0.6 is 0 Å². The number of nitrogens with zero attached hydrogens (tertiary/aromatic N) is 2. The van der Waals surface area contributed by atoms with Crippen molar-refractivity contribution in [2.45, 2.75) is 37.8 Å². The molecule has 2 fully saturated rings. The highest BCUT2D eigenvalue weighted by Gasteiger charge is 2.45. The number of nitrogens with one attached hydrogen (secondary N) is 1. The first-order valence-corrected chi connectivity index (χ1v) is 8.84. The van der Waals surface area contributed by atoms with E-state index in [4.69, 9.17) is 0 Å². The Morgan fingerprint density at radius 3 is 2.43 bits per heavy atom. The molecule has 146 valence electrons. The van der Waals surface area contributed by atoms with Crippen LogP contribution in [0, 0.1) is 5.82 Å². The molecular formula is C18H16FN3O6. The third kappa shape index (κ3) is 2.63. The lowest BCUT2D eigenvalue weighted by atomic mass is 10.0. The molecule has 0 saturated carbocycles. The van der Waals surface area contributed by atoms with Gasteiger partial charge in [-0.3, -0.25) is 29.4 Å². The number of halogens is 1. The fraction of sp³-hybridized carbons (Fsp3) is 0.389. The molecule has 4 amide bonds. The number of fused-ring (bicyclic) bond motifs is 1. The zero-order valence-electron chi connectivity index (χ0n) is 14.6. The number of hydrogen-bond acceptors (Lipinski definition) is 6. The van der Waals surface area contributed by atoms with E-state index < -0.39 is 47.5 Å². The fourth-order valence-electron chi connectivity index (χ4n) is 4.01. The number of piperidine rings is 1. The largest absolute Gasteiger partial charge is 0.480 e. The second-order valence-electron chi connectivity index (χ2n) is 6.99. The van der Waals surface area contributed by atoms with Crippen LogP contribution in [0.1, 0.15) is 46.4 Å². The quantitative estimate of drug-likeness (QED) is 0.712. The number of rotatable bonds is 3. The topological polar surface area (TPSA) is 124 Å². The third-order valence-corrected chi connectivity index (χ3v) is 5.35. The Bertz CT molecular complexity index is 945. The Morgan fingerprint density at radius 1 is 1.11 bits per heavy atom. The van der Waals surface area contributed by atoms with Crippen LogP contribution in [0.2, 0.25) is 0 Å². The van der Waals surface area contributed by atoms with Crippen LogP contribution in [0.5, 0.6) is 0 Å². The number of carbonyl (C=O) groups is 5. The maximum absolute atomic E-state index is 14.7. The van der Waals surface area contributed by atoms with Crippen molar-refractivity contribution in [2.75, 3.05) is 11.4 Å². The van der Waals surface area contributed by atoms with Gasteiger partial charge in [-0.15, -0.1) is 0 Å². The van der Waals surface area contributed by atoms with Gasteiger partial charge in [0.05, 0.1) is 16.8 Å². The van der Waals surface area contributed by atoms with E-state index in [1.807, 2.05) is 0 Å². The number of carboxylic acid groups (broad SMARTS) is 1.